The normalized spacial score (nSPS) is 16.5. The molecule has 0 saturated carbocycles. The molecule has 1 aliphatic heterocycles. The van der Waals surface area contributed by atoms with E-state index >= 15 is 0 Å². The number of amides is 2. The largest absolute Gasteiger partial charge is 0.495 e. The lowest BCUT2D eigenvalue weighted by atomic mass is 10.1. The number of ether oxygens (including phenoxy) is 1. The summed E-state index contributed by atoms with van der Waals surface area (Å²) in [5.74, 6) is -0.513. The van der Waals surface area contributed by atoms with Gasteiger partial charge in [-0.3, -0.25) is 14.9 Å². The summed E-state index contributed by atoms with van der Waals surface area (Å²) >= 11 is 9.96. The highest BCUT2D eigenvalue weighted by Gasteiger charge is 2.35. The van der Waals surface area contributed by atoms with Crippen molar-refractivity contribution in [3.05, 3.63) is 50.6 Å². The Balaban J connectivity index is 2.05. The van der Waals surface area contributed by atoms with Gasteiger partial charge in [-0.05, 0) is 58.5 Å². The summed E-state index contributed by atoms with van der Waals surface area (Å²) in [6.07, 6.45) is 1.55. The molecule has 1 aliphatic rings. The van der Waals surface area contributed by atoms with Crippen LogP contribution in [0.3, 0.4) is 0 Å². The van der Waals surface area contributed by atoms with Crippen LogP contribution in [0.1, 0.15) is 4.88 Å². The predicted octanol–water partition coefficient (Wildman–Crippen LogP) is 3.35. The zero-order chi connectivity index (χ0) is 17.3. The molecule has 1 aromatic carbocycles. The van der Waals surface area contributed by atoms with E-state index in [-0.39, 0.29) is 10.7 Å². The second-order valence-electron chi connectivity index (χ2n) is 4.77. The van der Waals surface area contributed by atoms with Gasteiger partial charge in [0.1, 0.15) is 11.3 Å². The third-order valence-electron chi connectivity index (χ3n) is 3.31. The zero-order valence-corrected chi connectivity index (χ0v) is 15.6. The minimum Gasteiger partial charge on any atom is -0.495 e. The molecule has 2 heterocycles. The minimum atomic E-state index is -0.513. The maximum absolute atomic E-state index is 12.9. The molecular formula is C16H11BrN2O3S2. The Bertz CT molecular complexity index is 876. The number of nitrogens with one attached hydrogen (secondary N) is 1. The molecule has 1 N–H and O–H groups in total. The molecule has 2 amide bonds. The molecule has 1 saturated heterocycles. The van der Waals surface area contributed by atoms with Crippen molar-refractivity contribution in [2.24, 2.45) is 0 Å². The molecule has 0 aliphatic carbocycles. The van der Waals surface area contributed by atoms with Crippen LogP contribution >= 0.6 is 39.5 Å². The number of carbonyl (C=O) groups is 2. The number of halogens is 1. The number of para-hydroxylation sites is 2. The topological polar surface area (TPSA) is 58.6 Å². The molecule has 0 atom stereocenters. The summed E-state index contributed by atoms with van der Waals surface area (Å²) in [7, 11) is 1.51. The van der Waals surface area contributed by atoms with Crippen molar-refractivity contribution in [1.82, 2.24) is 5.32 Å². The highest BCUT2D eigenvalue weighted by molar-refractivity contribution is 9.11. The molecular weight excluding hydrogens is 412 g/mol. The van der Waals surface area contributed by atoms with Crippen molar-refractivity contribution in [2.45, 2.75) is 0 Å². The second kappa shape index (κ2) is 6.84. The first-order valence-corrected chi connectivity index (χ1v) is 8.83. The molecule has 0 unspecified atom stereocenters. The molecule has 3 rings (SSSR count). The Kier molecular flexibility index (Phi) is 4.79. The van der Waals surface area contributed by atoms with Gasteiger partial charge in [-0.15, -0.1) is 11.3 Å². The lowest BCUT2D eigenvalue weighted by molar-refractivity contribution is -0.122. The maximum atomic E-state index is 12.9. The van der Waals surface area contributed by atoms with E-state index < -0.39 is 11.8 Å². The summed E-state index contributed by atoms with van der Waals surface area (Å²) in [4.78, 5) is 27.1. The van der Waals surface area contributed by atoms with E-state index in [9.17, 15) is 9.59 Å². The van der Waals surface area contributed by atoms with E-state index in [2.05, 4.69) is 21.2 Å². The fourth-order valence-electron chi connectivity index (χ4n) is 2.24. The maximum Gasteiger partial charge on any atom is 0.270 e. The Morgan fingerprint density at radius 3 is 2.67 bits per heavy atom. The Hall–Kier alpha value is -2.03. The molecule has 0 radical (unpaired) electrons. The summed E-state index contributed by atoms with van der Waals surface area (Å²) in [5, 5.41) is 2.58. The first-order valence-electron chi connectivity index (χ1n) is 6.81. The van der Waals surface area contributed by atoms with Gasteiger partial charge in [0.2, 0.25) is 0 Å². The number of benzene rings is 1. The molecule has 1 fully saturated rings. The van der Waals surface area contributed by atoms with Gasteiger partial charge in [-0.2, -0.15) is 0 Å². The molecule has 2 aromatic rings. The minimum absolute atomic E-state index is 0.0175. The van der Waals surface area contributed by atoms with Gasteiger partial charge in [0, 0.05) is 4.88 Å². The average molecular weight is 423 g/mol. The van der Waals surface area contributed by atoms with Gasteiger partial charge < -0.3 is 4.74 Å². The Morgan fingerprint density at radius 1 is 1.25 bits per heavy atom. The van der Waals surface area contributed by atoms with E-state index in [0.717, 1.165) is 8.66 Å². The van der Waals surface area contributed by atoms with E-state index in [0.29, 0.717) is 11.4 Å². The van der Waals surface area contributed by atoms with Gasteiger partial charge in [0.25, 0.3) is 11.8 Å². The Morgan fingerprint density at radius 2 is 2.00 bits per heavy atom. The smallest absolute Gasteiger partial charge is 0.270 e. The number of hydrogen-bond donors (Lipinski definition) is 1. The number of rotatable bonds is 3. The van der Waals surface area contributed by atoms with Crippen LogP contribution in [0.5, 0.6) is 5.75 Å². The van der Waals surface area contributed by atoms with E-state index in [1.54, 1.807) is 30.3 Å². The van der Waals surface area contributed by atoms with E-state index in [4.69, 9.17) is 17.0 Å². The van der Waals surface area contributed by atoms with Crippen LogP contribution in [-0.4, -0.2) is 24.0 Å². The van der Waals surface area contributed by atoms with Crippen molar-refractivity contribution < 1.29 is 14.3 Å². The van der Waals surface area contributed by atoms with Gasteiger partial charge in [-0.25, -0.2) is 4.90 Å². The lowest BCUT2D eigenvalue weighted by Crippen LogP contribution is -2.54. The number of nitrogens with zero attached hydrogens (tertiary/aromatic N) is 1. The van der Waals surface area contributed by atoms with Gasteiger partial charge in [-0.1, -0.05) is 12.1 Å². The fraction of sp³-hybridized carbons (Fsp3) is 0.0625. The highest BCUT2D eigenvalue weighted by Crippen LogP contribution is 2.31. The third-order valence-corrected chi connectivity index (χ3v) is 5.16. The number of thiocarbonyl (C=S) groups is 1. The SMILES string of the molecule is COc1ccccc1N1C(=O)/C(=C/c2ccc(Br)s2)C(=O)NC1=S. The monoisotopic (exact) mass is 422 g/mol. The van der Waals surface area contributed by atoms with Gasteiger partial charge in [0.15, 0.2) is 5.11 Å². The van der Waals surface area contributed by atoms with Crippen LogP contribution < -0.4 is 15.0 Å². The third kappa shape index (κ3) is 3.12. The number of carbonyl (C=O) groups excluding carboxylic acids is 2. The molecule has 5 nitrogen and oxygen atoms in total. The number of anilines is 1. The summed E-state index contributed by atoms with van der Waals surface area (Å²) in [6.45, 7) is 0. The molecule has 8 heteroatoms. The quantitative estimate of drug-likeness (QED) is 0.468. The molecule has 1 aromatic heterocycles. The average Bonchev–Trinajstić information content (AvgIpc) is 2.97. The van der Waals surface area contributed by atoms with Gasteiger partial charge in [0.05, 0.1) is 16.6 Å². The summed E-state index contributed by atoms with van der Waals surface area (Å²) < 4.78 is 6.20. The molecule has 0 spiro atoms. The molecule has 24 heavy (non-hydrogen) atoms. The predicted molar refractivity (Wildman–Crippen MR) is 101 cm³/mol. The summed E-state index contributed by atoms with van der Waals surface area (Å²) in [5.41, 5.74) is 0.497. The molecule has 122 valence electrons. The standard InChI is InChI=1S/C16H11BrN2O3S2/c1-22-12-5-3-2-4-11(12)19-15(21)10(14(20)18-16(19)23)8-9-6-7-13(17)24-9/h2-8H,1H3,(H,18,20,23)/b10-8+. The first-order chi connectivity index (χ1) is 11.5. The van der Waals surface area contributed by atoms with E-state index in [1.807, 2.05) is 12.1 Å². The van der Waals surface area contributed by atoms with E-state index in [1.165, 1.54) is 23.3 Å². The van der Waals surface area contributed by atoms with Crippen LogP contribution in [0.25, 0.3) is 6.08 Å². The van der Waals surface area contributed by atoms with Crippen LogP contribution in [-0.2, 0) is 9.59 Å². The number of hydrogen-bond acceptors (Lipinski definition) is 5. The summed E-state index contributed by atoms with van der Waals surface area (Å²) in [6, 6.07) is 10.7. The molecule has 0 bridgehead atoms. The first kappa shape index (κ1) is 16.8. The Labute approximate surface area is 156 Å². The van der Waals surface area contributed by atoms with Gasteiger partial charge >= 0.3 is 0 Å². The number of methoxy groups -OCH3 is 1. The van der Waals surface area contributed by atoms with Crippen molar-refractivity contribution in [1.29, 1.82) is 0 Å². The lowest BCUT2D eigenvalue weighted by Gasteiger charge is -2.29. The van der Waals surface area contributed by atoms with Crippen LogP contribution in [0.4, 0.5) is 5.69 Å². The fourth-order valence-corrected chi connectivity index (χ4v) is 3.88. The van der Waals surface area contributed by atoms with Crippen molar-refractivity contribution >= 4 is 68.2 Å². The van der Waals surface area contributed by atoms with Crippen molar-refractivity contribution in [3.8, 4) is 5.75 Å². The second-order valence-corrected chi connectivity index (χ2v) is 7.65. The van der Waals surface area contributed by atoms with Crippen molar-refractivity contribution in [2.75, 3.05) is 12.0 Å². The van der Waals surface area contributed by atoms with Crippen molar-refractivity contribution in [3.63, 3.8) is 0 Å². The number of thiophene rings is 1. The highest BCUT2D eigenvalue weighted by atomic mass is 79.9. The van der Waals surface area contributed by atoms with Crippen LogP contribution in [0, 0.1) is 0 Å². The van der Waals surface area contributed by atoms with Crippen LogP contribution in [0.15, 0.2) is 45.8 Å². The zero-order valence-electron chi connectivity index (χ0n) is 12.4. The van der Waals surface area contributed by atoms with Crippen LogP contribution in [0.2, 0.25) is 0 Å².